The highest BCUT2D eigenvalue weighted by molar-refractivity contribution is 9.10. The largest absolute Gasteiger partial charge is 0.497 e. The summed E-state index contributed by atoms with van der Waals surface area (Å²) in [6.45, 7) is 19.4. The van der Waals surface area contributed by atoms with Gasteiger partial charge < -0.3 is 14.0 Å². The fourth-order valence-corrected chi connectivity index (χ4v) is 4.42. The molecule has 4 nitrogen and oxygen atoms in total. The van der Waals surface area contributed by atoms with Crippen molar-refractivity contribution in [2.45, 2.75) is 78.5 Å². The molecule has 0 N–H and O–H groups in total. The molecule has 3 aromatic rings. The summed E-state index contributed by atoms with van der Waals surface area (Å²) < 4.78 is 13.8. The number of carbonyl (C=O) groups is 1. The van der Waals surface area contributed by atoms with Gasteiger partial charge in [-0.2, -0.15) is 0 Å². The van der Waals surface area contributed by atoms with Crippen LogP contribution in [-0.2, 0) is 16.1 Å². The lowest BCUT2D eigenvalue weighted by Gasteiger charge is -2.16. The van der Waals surface area contributed by atoms with Crippen LogP contribution in [0.25, 0.3) is 10.9 Å². The summed E-state index contributed by atoms with van der Waals surface area (Å²) in [6.07, 6.45) is 2.27. The van der Waals surface area contributed by atoms with Crippen molar-refractivity contribution >= 4 is 44.6 Å². The molecule has 0 aliphatic carbocycles. The van der Waals surface area contributed by atoms with E-state index in [0.717, 1.165) is 16.8 Å². The van der Waals surface area contributed by atoms with Crippen molar-refractivity contribution < 1.29 is 14.3 Å². The van der Waals surface area contributed by atoms with E-state index in [0.29, 0.717) is 6.61 Å². The number of aromatic nitrogens is 1. The molecule has 0 aliphatic heterocycles. The van der Waals surface area contributed by atoms with Gasteiger partial charge in [0.25, 0.3) is 0 Å². The Labute approximate surface area is 224 Å². The molecule has 0 bridgehead atoms. The van der Waals surface area contributed by atoms with E-state index in [2.05, 4.69) is 83.9 Å². The molecule has 3 rings (SSSR count). The SMILES string of the molecule is CC.CCOC(=O)C(C)(C)C.COc1ccc2c(c1)c(SC(C)(C)C)cn2Cc1ccc(Br)cc1. The second kappa shape index (κ2) is 14.0. The van der Waals surface area contributed by atoms with Gasteiger partial charge in [-0.1, -0.05) is 62.7 Å². The van der Waals surface area contributed by atoms with Crippen LogP contribution < -0.4 is 4.74 Å². The van der Waals surface area contributed by atoms with E-state index in [-0.39, 0.29) is 16.1 Å². The second-order valence-corrected chi connectivity index (χ2v) is 12.6. The summed E-state index contributed by atoms with van der Waals surface area (Å²) in [5, 5.41) is 1.26. The van der Waals surface area contributed by atoms with Gasteiger partial charge in [0.15, 0.2) is 0 Å². The van der Waals surface area contributed by atoms with Crippen molar-refractivity contribution in [2.75, 3.05) is 13.7 Å². The monoisotopic (exact) mass is 563 g/mol. The fourth-order valence-electron chi connectivity index (χ4n) is 3.05. The number of ether oxygens (including phenoxy) is 2. The maximum Gasteiger partial charge on any atom is 0.311 e. The highest BCUT2D eigenvalue weighted by Crippen LogP contribution is 2.39. The molecule has 0 aliphatic rings. The van der Waals surface area contributed by atoms with E-state index < -0.39 is 0 Å². The predicted molar refractivity (Wildman–Crippen MR) is 155 cm³/mol. The van der Waals surface area contributed by atoms with Crippen LogP contribution in [0.1, 0.15) is 67.9 Å². The number of benzene rings is 2. The van der Waals surface area contributed by atoms with Crippen LogP contribution in [0.3, 0.4) is 0 Å². The molecule has 6 heteroatoms. The zero-order valence-electron chi connectivity index (χ0n) is 23.0. The number of hydrogen-bond acceptors (Lipinski definition) is 4. The summed E-state index contributed by atoms with van der Waals surface area (Å²) in [5.74, 6) is 0.768. The quantitative estimate of drug-likeness (QED) is 0.229. The van der Waals surface area contributed by atoms with Gasteiger partial charge in [0.2, 0.25) is 0 Å². The first-order chi connectivity index (χ1) is 16.3. The third-order valence-corrected chi connectivity index (χ3v) is 6.31. The fraction of sp³-hybridized carbons (Fsp3) is 0.483. The number of carbonyl (C=O) groups excluding carboxylic acids is 1. The van der Waals surface area contributed by atoms with Crippen LogP contribution in [0.5, 0.6) is 5.75 Å². The van der Waals surface area contributed by atoms with E-state index >= 15 is 0 Å². The number of hydrogen-bond donors (Lipinski definition) is 0. The van der Waals surface area contributed by atoms with E-state index in [4.69, 9.17) is 9.47 Å². The Morgan fingerprint density at radius 1 is 1.00 bits per heavy atom. The molecule has 2 aromatic carbocycles. The van der Waals surface area contributed by atoms with E-state index in [1.807, 2.05) is 59.4 Å². The number of fused-ring (bicyclic) bond motifs is 1. The first-order valence-corrected chi connectivity index (χ1v) is 13.7. The lowest BCUT2D eigenvalue weighted by Crippen LogP contribution is -2.22. The van der Waals surface area contributed by atoms with Crippen LogP contribution in [-0.4, -0.2) is 29.0 Å². The van der Waals surface area contributed by atoms with E-state index in [9.17, 15) is 4.79 Å². The smallest absolute Gasteiger partial charge is 0.311 e. The average molecular weight is 565 g/mol. The summed E-state index contributed by atoms with van der Waals surface area (Å²) in [6, 6.07) is 14.8. The van der Waals surface area contributed by atoms with Crippen LogP contribution in [0.15, 0.2) is 58.0 Å². The zero-order chi connectivity index (χ0) is 26.8. The van der Waals surface area contributed by atoms with Gasteiger partial charge in [0, 0.05) is 37.8 Å². The van der Waals surface area contributed by atoms with Gasteiger partial charge in [-0.25, -0.2) is 0 Å². The maximum atomic E-state index is 10.8. The molecule has 0 amide bonds. The second-order valence-electron chi connectivity index (χ2n) is 9.82. The highest BCUT2D eigenvalue weighted by Gasteiger charge is 2.22. The molecule has 0 atom stereocenters. The van der Waals surface area contributed by atoms with Crippen LogP contribution in [0, 0.1) is 5.41 Å². The minimum absolute atomic E-state index is 0.134. The van der Waals surface area contributed by atoms with E-state index in [1.165, 1.54) is 21.4 Å². The molecule has 0 fully saturated rings. The first kappa shape index (κ1) is 31.1. The van der Waals surface area contributed by atoms with Crippen molar-refractivity contribution in [1.29, 1.82) is 0 Å². The molecule has 0 saturated carbocycles. The average Bonchev–Trinajstić information content (AvgIpc) is 3.11. The minimum Gasteiger partial charge on any atom is -0.497 e. The molecule has 1 heterocycles. The highest BCUT2D eigenvalue weighted by atomic mass is 79.9. The molecule has 0 spiro atoms. The topological polar surface area (TPSA) is 40.5 Å². The van der Waals surface area contributed by atoms with Gasteiger partial charge in [0.05, 0.1) is 19.1 Å². The van der Waals surface area contributed by atoms with Crippen molar-refractivity contribution in [3.63, 3.8) is 0 Å². The predicted octanol–water partition coefficient (Wildman–Crippen LogP) is 8.97. The molecule has 0 saturated heterocycles. The van der Waals surface area contributed by atoms with Gasteiger partial charge in [0.1, 0.15) is 5.75 Å². The van der Waals surface area contributed by atoms with Gasteiger partial charge in [-0.15, -0.1) is 11.8 Å². The molecule has 35 heavy (non-hydrogen) atoms. The molecular weight excluding hydrogens is 522 g/mol. The number of esters is 1. The van der Waals surface area contributed by atoms with Crippen molar-refractivity contribution in [3.8, 4) is 5.75 Å². The van der Waals surface area contributed by atoms with Crippen molar-refractivity contribution in [2.24, 2.45) is 5.41 Å². The normalized spacial score (nSPS) is 11.2. The molecular formula is C29H42BrNO3S. The maximum absolute atomic E-state index is 10.8. The lowest BCUT2D eigenvalue weighted by molar-refractivity contribution is -0.152. The Morgan fingerprint density at radius 3 is 2.06 bits per heavy atom. The third kappa shape index (κ3) is 10.3. The summed E-state index contributed by atoms with van der Waals surface area (Å²) in [4.78, 5) is 12.1. The number of rotatable bonds is 5. The first-order valence-electron chi connectivity index (χ1n) is 12.1. The summed E-state index contributed by atoms with van der Waals surface area (Å²) in [5.41, 5.74) is 2.18. The van der Waals surface area contributed by atoms with Gasteiger partial charge in [-0.05, 0) is 63.6 Å². The van der Waals surface area contributed by atoms with E-state index in [1.54, 1.807) is 7.11 Å². The zero-order valence-corrected chi connectivity index (χ0v) is 25.4. The molecule has 1 aromatic heterocycles. The molecule has 0 unspecified atom stereocenters. The minimum atomic E-state index is -0.351. The summed E-state index contributed by atoms with van der Waals surface area (Å²) >= 11 is 5.40. The van der Waals surface area contributed by atoms with Crippen molar-refractivity contribution in [3.05, 3.63) is 58.7 Å². The lowest BCUT2D eigenvalue weighted by atomic mass is 9.97. The van der Waals surface area contributed by atoms with Crippen molar-refractivity contribution in [1.82, 2.24) is 4.57 Å². The Morgan fingerprint density at radius 2 is 1.60 bits per heavy atom. The molecule has 0 radical (unpaired) electrons. The number of methoxy groups -OCH3 is 1. The Balaban J connectivity index is 0.000000473. The van der Waals surface area contributed by atoms with Crippen LogP contribution >= 0.6 is 27.7 Å². The summed E-state index contributed by atoms with van der Waals surface area (Å²) in [7, 11) is 1.72. The Hall–Kier alpha value is -1.92. The van der Waals surface area contributed by atoms with Crippen LogP contribution in [0.4, 0.5) is 0 Å². The van der Waals surface area contributed by atoms with Crippen LogP contribution in [0.2, 0.25) is 0 Å². The number of thioether (sulfide) groups is 1. The third-order valence-electron chi connectivity index (χ3n) is 4.62. The Kier molecular flexibility index (Phi) is 12.4. The Bertz CT molecular complexity index is 1060. The van der Waals surface area contributed by atoms with Gasteiger partial charge in [-0.3, -0.25) is 4.79 Å². The standard InChI is InChI=1S/C20H22BrNOS.C7H14O2.C2H6/c1-20(2,3)24-19-13-22(12-14-5-7-15(21)8-6-14)18-10-9-16(23-4)11-17(18)19;1-5-9-6(8)7(2,3)4;1-2/h5-11,13H,12H2,1-4H3;5H2,1-4H3;1-2H3. The number of halogens is 1. The van der Waals surface area contributed by atoms with Gasteiger partial charge >= 0.3 is 5.97 Å². The number of nitrogens with zero attached hydrogens (tertiary/aromatic N) is 1. The molecule has 194 valence electrons.